The Balaban J connectivity index is 2.59. The van der Waals surface area contributed by atoms with E-state index in [0.717, 1.165) is 4.57 Å². The number of aromatic nitrogens is 2. The minimum absolute atomic E-state index is 0.0126. The van der Waals surface area contributed by atoms with E-state index in [9.17, 15) is 23.1 Å². The van der Waals surface area contributed by atoms with Crippen LogP contribution >= 0.6 is 0 Å². The molecular formula is C8H7F3N3O2-. The molecule has 0 fully saturated rings. The molecule has 88 valence electrons. The maximum Gasteiger partial charge on any atom is 0.449 e. The number of aromatic carboxylic acids is 1. The van der Waals surface area contributed by atoms with Gasteiger partial charge in [0.1, 0.15) is 5.69 Å². The van der Waals surface area contributed by atoms with E-state index in [1.807, 2.05) is 0 Å². The standard InChI is InChI=1S/C8H8F3N3O2/c9-8(10,11)7-13-5(6(15)16)4-3-12-1-2-14(4)7/h12H,1-3H2,(H,15,16)/p-1. The Kier molecular flexibility index (Phi) is 2.38. The Morgan fingerprint density at radius 2 is 2.19 bits per heavy atom. The number of rotatable bonds is 1. The SMILES string of the molecule is O=C([O-])c1nc(C(F)(F)F)n2c1CNCC2. The fourth-order valence-corrected chi connectivity index (χ4v) is 1.68. The molecule has 1 N–H and O–H groups in total. The molecule has 0 unspecified atom stereocenters. The van der Waals surface area contributed by atoms with E-state index in [1.165, 1.54) is 0 Å². The van der Waals surface area contributed by atoms with Crippen molar-refractivity contribution in [3.8, 4) is 0 Å². The third-order valence-electron chi connectivity index (χ3n) is 2.32. The zero-order valence-corrected chi connectivity index (χ0v) is 7.97. The van der Waals surface area contributed by atoms with Crippen LogP contribution in [-0.2, 0) is 19.3 Å². The molecule has 0 saturated heterocycles. The van der Waals surface area contributed by atoms with Gasteiger partial charge in [0, 0.05) is 19.6 Å². The highest BCUT2D eigenvalue weighted by Gasteiger charge is 2.39. The van der Waals surface area contributed by atoms with E-state index in [4.69, 9.17) is 0 Å². The van der Waals surface area contributed by atoms with Crippen LogP contribution in [0.15, 0.2) is 0 Å². The van der Waals surface area contributed by atoms with Crippen molar-refractivity contribution in [2.24, 2.45) is 0 Å². The van der Waals surface area contributed by atoms with Crippen LogP contribution in [0.1, 0.15) is 22.0 Å². The Bertz CT molecular complexity index is 438. The Labute approximate surface area is 87.9 Å². The Morgan fingerprint density at radius 1 is 1.50 bits per heavy atom. The minimum Gasteiger partial charge on any atom is -0.543 e. The van der Waals surface area contributed by atoms with Gasteiger partial charge in [-0.2, -0.15) is 13.2 Å². The molecule has 8 heteroatoms. The average Bonchev–Trinajstić information content (AvgIpc) is 2.56. The van der Waals surface area contributed by atoms with Gasteiger partial charge in [0.2, 0.25) is 5.82 Å². The predicted molar refractivity (Wildman–Crippen MR) is 43.3 cm³/mol. The van der Waals surface area contributed by atoms with Gasteiger partial charge in [-0.25, -0.2) is 4.98 Å². The second-order valence-electron chi connectivity index (χ2n) is 3.34. The molecule has 0 spiro atoms. The maximum atomic E-state index is 12.5. The van der Waals surface area contributed by atoms with Crippen molar-refractivity contribution in [1.82, 2.24) is 14.9 Å². The number of carbonyl (C=O) groups excluding carboxylic acids is 1. The number of nitrogens with one attached hydrogen (secondary N) is 1. The summed E-state index contributed by atoms with van der Waals surface area (Å²) < 4.78 is 38.5. The Hall–Kier alpha value is -1.57. The first-order valence-corrected chi connectivity index (χ1v) is 4.50. The zero-order chi connectivity index (χ0) is 11.9. The monoisotopic (exact) mass is 234 g/mol. The number of imidazole rings is 1. The number of hydrogen-bond acceptors (Lipinski definition) is 4. The predicted octanol–water partition coefficient (Wildman–Crippen LogP) is -0.631. The molecular weight excluding hydrogens is 227 g/mol. The van der Waals surface area contributed by atoms with Gasteiger partial charge in [-0.05, 0) is 0 Å². The lowest BCUT2D eigenvalue weighted by atomic mass is 10.3. The topological polar surface area (TPSA) is 70.0 Å². The van der Waals surface area contributed by atoms with E-state index in [2.05, 4.69) is 10.3 Å². The molecule has 1 aromatic heterocycles. The van der Waals surface area contributed by atoms with Crippen molar-refractivity contribution in [1.29, 1.82) is 0 Å². The van der Waals surface area contributed by atoms with Gasteiger partial charge in [-0.1, -0.05) is 0 Å². The summed E-state index contributed by atoms with van der Waals surface area (Å²) in [5.41, 5.74) is -0.627. The van der Waals surface area contributed by atoms with Gasteiger partial charge in [-0.15, -0.1) is 0 Å². The number of carbonyl (C=O) groups is 1. The molecule has 0 atom stereocenters. The molecule has 16 heavy (non-hydrogen) atoms. The quantitative estimate of drug-likeness (QED) is 0.702. The molecule has 1 aromatic rings. The minimum atomic E-state index is -4.65. The van der Waals surface area contributed by atoms with Crippen LogP contribution < -0.4 is 10.4 Å². The zero-order valence-electron chi connectivity index (χ0n) is 7.97. The van der Waals surface area contributed by atoms with E-state index in [1.54, 1.807) is 0 Å². The molecule has 1 aliphatic rings. The first kappa shape index (κ1) is 10.9. The smallest absolute Gasteiger partial charge is 0.449 e. The van der Waals surface area contributed by atoms with Crippen LogP contribution in [0.3, 0.4) is 0 Å². The number of alkyl halides is 3. The maximum absolute atomic E-state index is 12.5. The van der Waals surface area contributed by atoms with Gasteiger partial charge in [0.25, 0.3) is 0 Å². The first-order valence-electron chi connectivity index (χ1n) is 4.50. The Morgan fingerprint density at radius 3 is 2.75 bits per heavy atom. The largest absolute Gasteiger partial charge is 0.543 e. The lowest BCUT2D eigenvalue weighted by Crippen LogP contribution is -2.32. The fourth-order valence-electron chi connectivity index (χ4n) is 1.68. The highest BCUT2D eigenvalue weighted by molar-refractivity contribution is 5.85. The second-order valence-corrected chi connectivity index (χ2v) is 3.34. The summed E-state index contributed by atoms with van der Waals surface area (Å²) in [4.78, 5) is 13.7. The molecule has 0 saturated carbocycles. The molecule has 0 bridgehead atoms. The van der Waals surface area contributed by atoms with Crippen molar-refractivity contribution >= 4 is 5.97 Å². The van der Waals surface area contributed by atoms with Crippen molar-refractivity contribution in [2.75, 3.05) is 6.54 Å². The lowest BCUT2D eigenvalue weighted by molar-refractivity contribution is -0.255. The van der Waals surface area contributed by atoms with Crippen LogP contribution in [0.2, 0.25) is 0 Å². The number of halogens is 3. The third kappa shape index (κ3) is 1.64. The summed E-state index contributed by atoms with van der Waals surface area (Å²) in [5.74, 6) is -2.87. The van der Waals surface area contributed by atoms with Gasteiger partial charge in [0.05, 0.1) is 11.7 Å². The summed E-state index contributed by atoms with van der Waals surface area (Å²) in [5, 5.41) is 13.4. The third-order valence-corrected chi connectivity index (χ3v) is 2.32. The van der Waals surface area contributed by atoms with Crippen LogP contribution in [0, 0.1) is 0 Å². The molecule has 2 heterocycles. The molecule has 1 aliphatic heterocycles. The van der Waals surface area contributed by atoms with Gasteiger partial charge < -0.3 is 19.8 Å². The average molecular weight is 234 g/mol. The number of carboxylic acid groups (broad SMARTS) is 1. The van der Waals surface area contributed by atoms with Crippen molar-refractivity contribution in [3.05, 3.63) is 17.2 Å². The fraction of sp³-hybridized carbons (Fsp3) is 0.500. The first-order chi connectivity index (χ1) is 7.41. The number of fused-ring (bicyclic) bond motifs is 1. The van der Waals surface area contributed by atoms with Gasteiger partial charge in [-0.3, -0.25) is 0 Å². The second kappa shape index (κ2) is 3.48. The number of carboxylic acids is 1. The van der Waals surface area contributed by atoms with Crippen LogP contribution in [-0.4, -0.2) is 22.1 Å². The summed E-state index contributed by atoms with van der Waals surface area (Å²) in [6.45, 7) is 0.440. The van der Waals surface area contributed by atoms with Crippen LogP contribution in [0.5, 0.6) is 0 Å². The van der Waals surface area contributed by atoms with Crippen LogP contribution in [0.4, 0.5) is 13.2 Å². The normalized spacial score (nSPS) is 15.9. The summed E-state index contributed by atoms with van der Waals surface area (Å²) in [7, 11) is 0. The molecule has 0 aromatic carbocycles. The van der Waals surface area contributed by atoms with E-state index >= 15 is 0 Å². The molecule has 5 nitrogen and oxygen atoms in total. The highest BCUT2D eigenvalue weighted by Crippen LogP contribution is 2.30. The number of hydrogen-bond donors (Lipinski definition) is 1. The van der Waals surface area contributed by atoms with Crippen molar-refractivity contribution < 1.29 is 23.1 Å². The van der Waals surface area contributed by atoms with Gasteiger partial charge in [0.15, 0.2) is 0 Å². The molecule has 0 aliphatic carbocycles. The molecule has 0 radical (unpaired) electrons. The molecule has 2 rings (SSSR count). The summed E-state index contributed by atoms with van der Waals surface area (Å²) in [6.07, 6.45) is -4.65. The lowest BCUT2D eigenvalue weighted by Gasteiger charge is -2.19. The highest BCUT2D eigenvalue weighted by atomic mass is 19.4. The molecule has 0 amide bonds. The van der Waals surface area contributed by atoms with E-state index < -0.39 is 23.7 Å². The van der Waals surface area contributed by atoms with Gasteiger partial charge >= 0.3 is 6.18 Å². The summed E-state index contributed by atoms with van der Waals surface area (Å²) in [6, 6.07) is 0. The van der Waals surface area contributed by atoms with E-state index in [0.29, 0.717) is 6.54 Å². The van der Waals surface area contributed by atoms with Crippen molar-refractivity contribution in [2.45, 2.75) is 19.3 Å². The summed E-state index contributed by atoms with van der Waals surface area (Å²) >= 11 is 0. The van der Waals surface area contributed by atoms with Crippen LogP contribution in [0.25, 0.3) is 0 Å². The number of nitrogens with zero attached hydrogens (tertiary/aromatic N) is 2. The van der Waals surface area contributed by atoms with E-state index in [-0.39, 0.29) is 18.8 Å². The van der Waals surface area contributed by atoms with Crippen molar-refractivity contribution in [3.63, 3.8) is 0 Å².